The molecule has 3 aliphatic rings. The minimum Gasteiger partial charge on any atom is -0.484 e. The SMILES string of the molecule is O=C1c2ccccc2C(=O)c2cc(-c3cc4c(c5ccccc35)OC3C=CC=CC43)ccc21. The standard InChI is InChI=1S/C30H18O3/c31-28-20-9-2-3-10-21(20)29(32)25-15-17(13-14-22(25)28)24-16-26-19-8-5-6-12-27(19)33-30(26)23-11-4-1-7-18(23)24/h1-16,19,27H. The van der Waals surface area contributed by atoms with Gasteiger partial charge in [-0.2, -0.15) is 0 Å². The first-order chi connectivity index (χ1) is 16.2. The molecule has 0 aromatic heterocycles. The Kier molecular flexibility index (Phi) is 3.68. The van der Waals surface area contributed by atoms with Crippen LogP contribution in [0.4, 0.5) is 0 Å². The quantitative estimate of drug-likeness (QED) is 0.318. The molecule has 2 aliphatic carbocycles. The number of allylic oxidation sites excluding steroid dienone is 2. The van der Waals surface area contributed by atoms with Crippen LogP contribution in [0.1, 0.15) is 43.3 Å². The van der Waals surface area contributed by atoms with Gasteiger partial charge >= 0.3 is 0 Å². The van der Waals surface area contributed by atoms with Crippen LogP contribution in [0.3, 0.4) is 0 Å². The molecule has 0 bridgehead atoms. The van der Waals surface area contributed by atoms with Gasteiger partial charge in [0.1, 0.15) is 11.9 Å². The summed E-state index contributed by atoms with van der Waals surface area (Å²) < 4.78 is 6.34. The highest BCUT2D eigenvalue weighted by molar-refractivity contribution is 6.28. The molecule has 2 atom stereocenters. The molecule has 3 heteroatoms. The minimum absolute atomic E-state index is 0.00268. The Morgan fingerprint density at radius 2 is 1.27 bits per heavy atom. The molecule has 0 amide bonds. The Morgan fingerprint density at radius 1 is 0.606 bits per heavy atom. The van der Waals surface area contributed by atoms with Crippen molar-refractivity contribution in [3.8, 4) is 16.9 Å². The molecule has 3 nitrogen and oxygen atoms in total. The van der Waals surface area contributed by atoms with Gasteiger partial charge in [-0.25, -0.2) is 0 Å². The third kappa shape index (κ3) is 2.50. The zero-order chi connectivity index (χ0) is 22.1. The maximum atomic E-state index is 13.3. The van der Waals surface area contributed by atoms with Crippen LogP contribution in [0.25, 0.3) is 21.9 Å². The summed E-state index contributed by atoms with van der Waals surface area (Å²) in [4.78, 5) is 26.3. The zero-order valence-electron chi connectivity index (χ0n) is 17.6. The number of fused-ring (bicyclic) bond motifs is 7. The maximum absolute atomic E-state index is 13.3. The number of hydrogen-bond donors (Lipinski definition) is 0. The number of ether oxygens (including phenoxy) is 1. The number of benzene rings is 4. The summed E-state index contributed by atoms with van der Waals surface area (Å²) in [6.07, 6.45) is 8.37. The van der Waals surface area contributed by atoms with Crippen LogP contribution in [0.5, 0.6) is 5.75 Å². The molecule has 4 aromatic rings. The van der Waals surface area contributed by atoms with Gasteiger partial charge in [0, 0.05) is 39.1 Å². The van der Waals surface area contributed by atoms with Crippen molar-refractivity contribution in [2.45, 2.75) is 12.0 Å². The van der Waals surface area contributed by atoms with Crippen molar-refractivity contribution in [3.05, 3.63) is 125 Å². The molecular formula is C30H18O3. The van der Waals surface area contributed by atoms with E-state index in [1.807, 2.05) is 30.3 Å². The Bertz CT molecular complexity index is 1590. The van der Waals surface area contributed by atoms with Gasteiger partial charge in [-0.3, -0.25) is 9.59 Å². The van der Waals surface area contributed by atoms with Gasteiger partial charge in [-0.15, -0.1) is 0 Å². The fourth-order valence-electron chi connectivity index (χ4n) is 5.37. The molecule has 156 valence electrons. The van der Waals surface area contributed by atoms with Crippen LogP contribution in [-0.2, 0) is 0 Å². The van der Waals surface area contributed by atoms with Gasteiger partial charge in [0.2, 0.25) is 0 Å². The average Bonchev–Trinajstić information content (AvgIpc) is 3.25. The Balaban J connectivity index is 1.45. The lowest BCUT2D eigenvalue weighted by Gasteiger charge is -2.19. The van der Waals surface area contributed by atoms with Crippen molar-refractivity contribution in [1.82, 2.24) is 0 Å². The lowest BCUT2D eigenvalue weighted by Crippen LogP contribution is -2.20. The lowest BCUT2D eigenvalue weighted by atomic mass is 9.82. The van der Waals surface area contributed by atoms with Crippen molar-refractivity contribution in [3.63, 3.8) is 0 Å². The number of ketones is 2. The van der Waals surface area contributed by atoms with Crippen LogP contribution in [0, 0.1) is 0 Å². The smallest absolute Gasteiger partial charge is 0.194 e. The molecule has 1 aliphatic heterocycles. The molecule has 0 radical (unpaired) electrons. The molecule has 7 rings (SSSR count). The minimum atomic E-state index is -0.101. The maximum Gasteiger partial charge on any atom is 0.194 e. The fraction of sp³-hybridized carbons (Fsp3) is 0.0667. The Hall–Kier alpha value is -4.24. The molecule has 0 spiro atoms. The predicted octanol–water partition coefficient (Wildman–Crippen LogP) is 6.25. The van der Waals surface area contributed by atoms with Gasteiger partial charge in [0.25, 0.3) is 0 Å². The van der Waals surface area contributed by atoms with E-state index in [9.17, 15) is 9.59 Å². The van der Waals surface area contributed by atoms with Crippen LogP contribution in [-0.4, -0.2) is 17.7 Å². The Labute approximate surface area is 190 Å². The molecule has 2 unspecified atom stereocenters. The van der Waals surface area contributed by atoms with Gasteiger partial charge < -0.3 is 4.74 Å². The second-order valence-electron chi connectivity index (χ2n) is 8.73. The summed E-state index contributed by atoms with van der Waals surface area (Å²) in [6, 6.07) is 23.1. The topological polar surface area (TPSA) is 43.4 Å². The van der Waals surface area contributed by atoms with Crippen molar-refractivity contribution in [1.29, 1.82) is 0 Å². The molecule has 4 aromatic carbocycles. The van der Waals surface area contributed by atoms with Gasteiger partial charge in [-0.1, -0.05) is 72.8 Å². The fourth-order valence-corrected chi connectivity index (χ4v) is 5.37. The summed E-state index contributed by atoms with van der Waals surface area (Å²) >= 11 is 0. The van der Waals surface area contributed by atoms with Crippen LogP contribution in [0.2, 0.25) is 0 Å². The molecule has 0 saturated carbocycles. The van der Waals surface area contributed by atoms with Crippen LogP contribution >= 0.6 is 0 Å². The average molecular weight is 426 g/mol. The molecular weight excluding hydrogens is 408 g/mol. The molecule has 33 heavy (non-hydrogen) atoms. The first-order valence-electron chi connectivity index (χ1n) is 11.1. The summed E-state index contributed by atoms with van der Waals surface area (Å²) in [6.45, 7) is 0. The van der Waals surface area contributed by atoms with E-state index < -0.39 is 0 Å². The predicted molar refractivity (Wildman–Crippen MR) is 128 cm³/mol. The molecule has 0 saturated heterocycles. The monoisotopic (exact) mass is 426 g/mol. The van der Waals surface area contributed by atoms with E-state index >= 15 is 0 Å². The lowest BCUT2D eigenvalue weighted by molar-refractivity contribution is 0.0979. The summed E-state index contributed by atoms with van der Waals surface area (Å²) in [7, 11) is 0. The largest absolute Gasteiger partial charge is 0.484 e. The number of carbonyl (C=O) groups is 2. The highest BCUT2D eigenvalue weighted by Crippen LogP contribution is 2.48. The second kappa shape index (κ2) is 6.63. The number of carbonyl (C=O) groups excluding carboxylic acids is 2. The van der Waals surface area contributed by atoms with E-state index in [1.54, 1.807) is 30.3 Å². The number of hydrogen-bond acceptors (Lipinski definition) is 3. The highest BCUT2D eigenvalue weighted by atomic mass is 16.5. The van der Waals surface area contributed by atoms with Gasteiger partial charge in [0.05, 0.1) is 0 Å². The van der Waals surface area contributed by atoms with E-state index in [0.29, 0.717) is 22.3 Å². The Morgan fingerprint density at radius 3 is 2.09 bits per heavy atom. The van der Waals surface area contributed by atoms with E-state index in [-0.39, 0.29) is 23.6 Å². The first-order valence-corrected chi connectivity index (χ1v) is 11.1. The van der Waals surface area contributed by atoms with Crippen LogP contribution < -0.4 is 4.74 Å². The normalized spacial score (nSPS) is 19.6. The van der Waals surface area contributed by atoms with Gasteiger partial charge in [0.15, 0.2) is 11.6 Å². The van der Waals surface area contributed by atoms with Crippen LogP contribution in [0.15, 0.2) is 97.1 Å². The highest BCUT2D eigenvalue weighted by Gasteiger charge is 2.35. The van der Waals surface area contributed by atoms with Crippen molar-refractivity contribution < 1.29 is 14.3 Å². The van der Waals surface area contributed by atoms with Gasteiger partial charge in [-0.05, 0) is 40.8 Å². The zero-order valence-corrected chi connectivity index (χ0v) is 17.6. The number of rotatable bonds is 1. The summed E-state index contributed by atoms with van der Waals surface area (Å²) in [5, 5.41) is 2.13. The molecule has 0 fully saturated rings. The second-order valence-corrected chi connectivity index (χ2v) is 8.73. The van der Waals surface area contributed by atoms with E-state index in [2.05, 4.69) is 36.4 Å². The van der Waals surface area contributed by atoms with E-state index in [1.165, 1.54) is 0 Å². The van der Waals surface area contributed by atoms with E-state index in [4.69, 9.17) is 4.74 Å². The van der Waals surface area contributed by atoms with Crippen molar-refractivity contribution in [2.75, 3.05) is 0 Å². The summed E-state index contributed by atoms with van der Waals surface area (Å²) in [5.41, 5.74) is 5.00. The molecule has 0 N–H and O–H groups in total. The van der Waals surface area contributed by atoms with Crippen molar-refractivity contribution in [2.24, 2.45) is 0 Å². The van der Waals surface area contributed by atoms with E-state index in [0.717, 1.165) is 33.2 Å². The van der Waals surface area contributed by atoms with Crippen molar-refractivity contribution >= 4 is 22.3 Å². The molecule has 1 heterocycles. The third-order valence-corrected chi connectivity index (χ3v) is 6.96. The summed E-state index contributed by atoms with van der Waals surface area (Å²) in [5.74, 6) is 0.900. The third-order valence-electron chi connectivity index (χ3n) is 6.96. The first kappa shape index (κ1) is 18.3.